The molecule has 1 atom stereocenters. The molecule has 3 rings (SSSR count). The van der Waals surface area contributed by atoms with Crippen molar-refractivity contribution in [1.29, 1.82) is 0 Å². The average molecular weight is 466 g/mol. The fourth-order valence-electron chi connectivity index (χ4n) is 3.53. The van der Waals surface area contributed by atoms with E-state index in [0.717, 1.165) is 54.4 Å². The summed E-state index contributed by atoms with van der Waals surface area (Å²) in [7, 11) is 0. The Labute approximate surface area is 202 Å². The smallest absolute Gasteiger partial charge is 0.230 e. The summed E-state index contributed by atoms with van der Waals surface area (Å²) in [6, 6.07) is 18.5. The zero-order valence-corrected chi connectivity index (χ0v) is 21.0. The molecule has 1 aliphatic heterocycles. The average Bonchev–Trinajstić information content (AvgIpc) is 3.12. The Bertz CT molecular complexity index is 969. The van der Waals surface area contributed by atoms with Gasteiger partial charge in [0.1, 0.15) is 16.5 Å². The standard InChI is InChI=1S/C27H35N3O2S/c1-5-6-18-32-23-16-14-22(15-17-23)25-26(30-27(3,4)29-25)33-19-24(31)28-20(2)12-13-21-10-8-7-9-11-21/h7-11,14-17,20H,5-6,12-13,18-19H2,1-4H3,(H,28,31)/t20-/m0/s1. The second-order valence-electron chi connectivity index (χ2n) is 8.88. The van der Waals surface area contributed by atoms with Crippen molar-refractivity contribution in [3.05, 3.63) is 65.7 Å². The molecule has 0 saturated carbocycles. The first kappa shape index (κ1) is 25.0. The van der Waals surface area contributed by atoms with Crippen molar-refractivity contribution < 1.29 is 9.53 Å². The molecule has 1 heterocycles. The van der Waals surface area contributed by atoms with Gasteiger partial charge in [-0.25, -0.2) is 4.99 Å². The number of aryl methyl sites for hydroxylation is 1. The van der Waals surface area contributed by atoms with Gasteiger partial charge in [-0.05, 0) is 69.9 Å². The van der Waals surface area contributed by atoms with Crippen molar-refractivity contribution in [1.82, 2.24) is 5.32 Å². The van der Waals surface area contributed by atoms with Crippen LogP contribution in [0.5, 0.6) is 5.75 Å². The van der Waals surface area contributed by atoms with E-state index in [1.54, 1.807) is 0 Å². The van der Waals surface area contributed by atoms with Crippen LogP contribution in [0, 0.1) is 0 Å². The summed E-state index contributed by atoms with van der Waals surface area (Å²) >= 11 is 1.45. The fourth-order valence-corrected chi connectivity index (χ4v) is 4.47. The maximum absolute atomic E-state index is 12.6. The highest BCUT2D eigenvalue weighted by Crippen LogP contribution is 2.27. The molecule has 5 nitrogen and oxygen atoms in total. The van der Waals surface area contributed by atoms with Gasteiger partial charge in [0, 0.05) is 11.6 Å². The number of carbonyl (C=O) groups is 1. The van der Waals surface area contributed by atoms with Gasteiger partial charge < -0.3 is 10.1 Å². The molecule has 0 aliphatic carbocycles. The number of unbranched alkanes of at least 4 members (excludes halogenated alkanes) is 1. The normalized spacial score (nSPS) is 15.5. The molecule has 176 valence electrons. The number of thioether (sulfide) groups is 1. The van der Waals surface area contributed by atoms with Gasteiger partial charge in [0.2, 0.25) is 5.91 Å². The van der Waals surface area contributed by atoms with Crippen LogP contribution in [0.25, 0.3) is 0 Å². The minimum atomic E-state index is -0.520. The first-order chi connectivity index (χ1) is 15.9. The molecule has 0 saturated heterocycles. The number of benzene rings is 2. The predicted molar refractivity (Wildman–Crippen MR) is 140 cm³/mol. The van der Waals surface area contributed by atoms with Crippen LogP contribution >= 0.6 is 11.8 Å². The van der Waals surface area contributed by atoms with Gasteiger partial charge in [-0.2, -0.15) is 0 Å². The molecule has 1 aliphatic rings. The molecule has 0 unspecified atom stereocenters. The number of carbonyl (C=O) groups excluding carboxylic acids is 1. The molecule has 2 aromatic carbocycles. The van der Waals surface area contributed by atoms with E-state index in [2.05, 4.69) is 31.3 Å². The van der Waals surface area contributed by atoms with Crippen LogP contribution in [-0.2, 0) is 11.2 Å². The molecule has 0 radical (unpaired) electrons. The fraction of sp³-hybridized carbons (Fsp3) is 0.444. The SMILES string of the molecule is CCCCOc1ccc(C2=NC(C)(C)N=C2SCC(=O)N[C@@H](C)CCc2ccccc2)cc1. The van der Waals surface area contributed by atoms with Crippen LogP contribution in [0.3, 0.4) is 0 Å². The third-order valence-corrected chi connectivity index (χ3v) is 6.28. The van der Waals surface area contributed by atoms with E-state index in [1.807, 2.05) is 56.3 Å². The van der Waals surface area contributed by atoms with Gasteiger partial charge in [-0.15, -0.1) is 0 Å². The van der Waals surface area contributed by atoms with Gasteiger partial charge in [-0.1, -0.05) is 55.4 Å². The number of nitrogens with zero attached hydrogens (tertiary/aromatic N) is 2. The maximum Gasteiger partial charge on any atom is 0.230 e. The lowest BCUT2D eigenvalue weighted by Crippen LogP contribution is -2.34. The predicted octanol–water partition coefficient (Wildman–Crippen LogP) is 5.67. The second-order valence-corrected chi connectivity index (χ2v) is 9.84. The molecule has 0 fully saturated rings. The molecular weight excluding hydrogens is 430 g/mol. The van der Waals surface area contributed by atoms with Crippen molar-refractivity contribution in [2.75, 3.05) is 12.4 Å². The Hall–Kier alpha value is -2.60. The van der Waals surface area contributed by atoms with Crippen molar-refractivity contribution in [3.63, 3.8) is 0 Å². The summed E-state index contributed by atoms with van der Waals surface area (Å²) in [6.45, 7) is 8.89. The van der Waals surface area contributed by atoms with Crippen molar-refractivity contribution >= 4 is 28.4 Å². The van der Waals surface area contributed by atoms with E-state index < -0.39 is 5.66 Å². The summed E-state index contributed by atoms with van der Waals surface area (Å²) in [5.41, 5.74) is 2.60. The van der Waals surface area contributed by atoms with Crippen LogP contribution in [-0.4, -0.2) is 40.7 Å². The van der Waals surface area contributed by atoms with Crippen LogP contribution in [0.1, 0.15) is 58.1 Å². The highest BCUT2D eigenvalue weighted by molar-refractivity contribution is 8.16. The highest BCUT2D eigenvalue weighted by Gasteiger charge is 2.28. The third-order valence-electron chi connectivity index (χ3n) is 5.31. The number of rotatable bonds is 11. The van der Waals surface area contributed by atoms with Crippen LogP contribution in [0.2, 0.25) is 0 Å². The third kappa shape index (κ3) is 8.04. The zero-order valence-electron chi connectivity index (χ0n) is 20.1. The van der Waals surface area contributed by atoms with Gasteiger partial charge >= 0.3 is 0 Å². The van der Waals surface area contributed by atoms with Crippen LogP contribution in [0.4, 0.5) is 0 Å². The topological polar surface area (TPSA) is 63.1 Å². The maximum atomic E-state index is 12.6. The van der Waals surface area contributed by atoms with Gasteiger partial charge in [-0.3, -0.25) is 9.79 Å². The van der Waals surface area contributed by atoms with E-state index in [9.17, 15) is 4.79 Å². The van der Waals surface area contributed by atoms with Crippen molar-refractivity contribution in [2.24, 2.45) is 9.98 Å². The lowest BCUT2D eigenvalue weighted by atomic mass is 10.1. The summed E-state index contributed by atoms with van der Waals surface area (Å²) in [5.74, 6) is 1.20. The summed E-state index contributed by atoms with van der Waals surface area (Å²) in [6.07, 6.45) is 4.02. The summed E-state index contributed by atoms with van der Waals surface area (Å²) in [4.78, 5) is 22.1. The van der Waals surface area contributed by atoms with E-state index in [4.69, 9.17) is 14.7 Å². The Morgan fingerprint density at radius 1 is 1.09 bits per heavy atom. The van der Waals surface area contributed by atoms with E-state index in [1.165, 1.54) is 17.3 Å². The Balaban J connectivity index is 1.52. The number of hydrogen-bond acceptors (Lipinski definition) is 5. The lowest BCUT2D eigenvalue weighted by molar-refractivity contribution is -0.119. The second kappa shape index (κ2) is 12.0. The molecule has 6 heteroatoms. The van der Waals surface area contributed by atoms with E-state index in [-0.39, 0.29) is 11.9 Å². The molecule has 1 amide bonds. The monoisotopic (exact) mass is 465 g/mol. The Kier molecular flexibility index (Phi) is 9.12. The molecular formula is C27H35N3O2S. The minimum absolute atomic E-state index is 0.0204. The van der Waals surface area contributed by atoms with Crippen LogP contribution in [0.15, 0.2) is 64.6 Å². The van der Waals surface area contributed by atoms with E-state index >= 15 is 0 Å². The summed E-state index contributed by atoms with van der Waals surface area (Å²) < 4.78 is 5.77. The summed E-state index contributed by atoms with van der Waals surface area (Å²) in [5, 5.41) is 3.92. The van der Waals surface area contributed by atoms with Gasteiger partial charge in [0.05, 0.1) is 18.1 Å². The van der Waals surface area contributed by atoms with E-state index in [0.29, 0.717) is 5.75 Å². The Morgan fingerprint density at radius 2 is 1.82 bits per heavy atom. The number of ether oxygens (including phenoxy) is 1. The van der Waals surface area contributed by atoms with Crippen molar-refractivity contribution in [2.45, 2.75) is 65.1 Å². The number of nitrogens with one attached hydrogen (secondary N) is 1. The molecule has 2 aromatic rings. The lowest BCUT2D eigenvalue weighted by Gasteiger charge is -2.14. The van der Waals surface area contributed by atoms with Crippen LogP contribution < -0.4 is 10.1 Å². The largest absolute Gasteiger partial charge is 0.494 e. The number of aliphatic imine (C=N–C) groups is 2. The first-order valence-electron chi connectivity index (χ1n) is 11.8. The van der Waals surface area contributed by atoms with Gasteiger partial charge in [0.25, 0.3) is 0 Å². The molecule has 0 aromatic heterocycles. The molecule has 33 heavy (non-hydrogen) atoms. The molecule has 0 bridgehead atoms. The molecule has 0 spiro atoms. The van der Waals surface area contributed by atoms with Gasteiger partial charge in [0.15, 0.2) is 0 Å². The quantitative estimate of drug-likeness (QED) is 0.435. The highest BCUT2D eigenvalue weighted by atomic mass is 32.2. The zero-order chi connectivity index (χ0) is 23.7. The number of amides is 1. The molecule has 1 N–H and O–H groups in total. The Morgan fingerprint density at radius 3 is 2.52 bits per heavy atom. The number of hydrogen-bond donors (Lipinski definition) is 1. The first-order valence-corrected chi connectivity index (χ1v) is 12.7. The van der Waals surface area contributed by atoms with Crippen molar-refractivity contribution in [3.8, 4) is 5.75 Å². The minimum Gasteiger partial charge on any atom is -0.494 e.